The summed E-state index contributed by atoms with van der Waals surface area (Å²) in [5, 5.41) is 12.9. The Bertz CT molecular complexity index is 1010. The normalized spacial score (nSPS) is 10.8. The molecule has 146 valence electrons. The largest absolute Gasteiger partial charge is 0.332 e. The van der Waals surface area contributed by atoms with Crippen molar-refractivity contribution in [2.75, 3.05) is 10.6 Å². The number of para-hydroxylation sites is 1. The molecule has 4 nitrogen and oxygen atoms in total. The summed E-state index contributed by atoms with van der Waals surface area (Å²) < 4.78 is 1.93. The minimum absolute atomic E-state index is 0.541. The Labute approximate surface area is 180 Å². The van der Waals surface area contributed by atoms with E-state index >= 15 is 0 Å². The topological polar surface area (TPSA) is 41.9 Å². The van der Waals surface area contributed by atoms with Gasteiger partial charge in [-0.05, 0) is 61.8 Å². The predicted molar refractivity (Wildman–Crippen MR) is 123 cm³/mol. The number of rotatable bonds is 5. The van der Waals surface area contributed by atoms with Crippen LogP contribution in [-0.2, 0) is 13.0 Å². The maximum absolute atomic E-state index is 6.13. The number of aryl methyl sites for hydroxylation is 2. The van der Waals surface area contributed by atoms with Gasteiger partial charge in [0.1, 0.15) is 0 Å². The van der Waals surface area contributed by atoms with Gasteiger partial charge in [-0.15, -0.1) is 0 Å². The van der Waals surface area contributed by atoms with E-state index in [1.165, 1.54) is 5.56 Å². The molecule has 3 rings (SSSR count). The number of nitrogens with one attached hydrogen (secondary N) is 2. The van der Waals surface area contributed by atoms with E-state index in [1.54, 1.807) is 6.07 Å². The minimum atomic E-state index is 0.541. The highest BCUT2D eigenvalue weighted by Crippen LogP contribution is 2.25. The first-order chi connectivity index (χ1) is 13.4. The number of benzene rings is 2. The van der Waals surface area contributed by atoms with Crippen molar-refractivity contribution in [3.8, 4) is 0 Å². The molecular formula is C21H22Cl2N4S. The second-order valence-corrected chi connectivity index (χ2v) is 7.76. The summed E-state index contributed by atoms with van der Waals surface area (Å²) >= 11 is 17.7. The zero-order valence-electron chi connectivity index (χ0n) is 16.0. The monoisotopic (exact) mass is 432 g/mol. The fourth-order valence-electron chi connectivity index (χ4n) is 3.06. The van der Waals surface area contributed by atoms with Crippen LogP contribution in [0.25, 0.3) is 0 Å². The number of nitrogens with zero attached hydrogens (tertiary/aromatic N) is 2. The molecule has 1 aromatic heterocycles. The molecule has 28 heavy (non-hydrogen) atoms. The van der Waals surface area contributed by atoms with Crippen LogP contribution in [0.2, 0.25) is 10.0 Å². The summed E-state index contributed by atoms with van der Waals surface area (Å²) in [7, 11) is 0. The van der Waals surface area contributed by atoms with Gasteiger partial charge in [0.15, 0.2) is 5.11 Å². The smallest absolute Gasteiger partial charge is 0.175 e. The van der Waals surface area contributed by atoms with Gasteiger partial charge in [-0.2, -0.15) is 5.10 Å². The lowest BCUT2D eigenvalue weighted by Gasteiger charge is -2.14. The van der Waals surface area contributed by atoms with Gasteiger partial charge in [0, 0.05) is 5.69 Å². The fourth-order valence-corrected chi connectivity index (χ4v) is 3.59. The SMILES string of the molecule is CCc1ccccc1NC(=S)Nc1c(C)nn(Cc2ccc(Cl)c(Cl)c2)c1C. The van der Waals surface area contributed by atoms with Gasteiger partial charge in [0.25, 0.3) is 0 Å². The van der Waals surface area contributed by atoms with Gasteiger partial charge in [0.2, 0.25) is 0 Å². The molecule has 0 saturated carbocycles. The first-order valence-corrected chi connectivity index (χ1v) is 10.2. The highest BCUT2D eigenvalue weighted by Gasteiger charge is 2.14. The summed E-state index contributed by atoms with van der Waals surface area (Å²) in [6.45, 7) is 6.70. The van der Waals surface area contributed by atoms with Crippen LogP contribution in [0.4, 0.5) is 11.4 Å². The Kier molecular flexibility index (Phi) is 6.60. The third-order valence-electron chi connectivity index (χ3n) is 4.58. The Morgan fingerprint density at radius 1 is 1.07 bits per heavy atom. The maximum atomic E-state index is 6.13. The number of anilines is 2. The Morgan fingerprint density at radius 2 is 1.82 bits per heavy atom. The van der Waals surface area contributed by atoms with E-state index < -0.39 is 0 Å². The second kappa shape index (κ2) is 8.95. The van der Waals surface area contributed by atoms with Crippen LogP contribution in [0, 0.1) is 13.8 Å². The van der Waals surface area contributed by atoms with Crippen LogP contribution >= 0.6 is 35.4 Å². The minimum Gasteiger partial charge on any atom is -0.332 e. The Morgan fingerprint density at radius 3 is 2.54 bits per heavy atom. The maximum Gasteiger partial charge on any atom is 0.175 e. The number of thiocarbonyl (C=S) groups is 1. The van der Waals surface area contributed by atoms with Crippen LogP contribution < -0.4 is 10.6 Å². The molecule has 3 aromatic rings. The molecule has 0 bridgehead atoms. The van der Waals surface area contributed by atoms with Gasteiger partial charge in [-0.25, -0.2) is 0 Å². The molecule has 0 radical (unpaired) electrons. The summed E-state index contributed by atoms with van der Waals surface area (Å²) in [6, 6.07) is 13.8. The van der Waals surface area contributed by atoms with Crippen LogP contribution in [0.5, 0.6) is 0 Å². The molecule has 1 heterocycles. The van der Waals surface area contributed by atoms with E-state index in [1.807, 2.05) is 48.9 Å². The summed E-state index contributed by atoms with van der Waals surface area (Å²) in [4.78, 5) is 0. The van der Waals surface area contributed by atoms with Crippen molar-refractivity contribution in [2.45, 2.75) is 33.7 Å². The van der Waals surface area contributed by atoms with E-state index in [2.05, 4.69) is 28.7 Å². The third kappa shape index (κ3) is 4.66. The van der Waals surface area contributed by atoms with Crippen molar-refractivity contribution >= 4 is 51.9 Å². The standard InChI is InChI=1S/C21H22Cl2N4S/c1-4-16-7-5-6-8-19(16)24-21(28)25-20-13(2)26-27(14(20)3)12-15-9-10-17(22)18(23)11-15/h5-11H,4,12H2,1-3H3,(H2,24,25,28). The van der Waals surface area contributed by atoms with Crippen molar-refractivity contribution < 1.29 is 0 Å². The van der Waals surface area contributed by atoms with Crippen LogP contribution in [-0.4, -0.2) is 14.9 Å². The zero-order valence-corrected chi connectivity index (χ0v) is 18.3. The van der Waals surface area contributed by atoms with Crippen molar-refractivity contribution in [3.63, 3.8) is 0 Å². The quantitative estimate of drug-likeness (QED) is 0.469. The van der Waals surface area contributed by atoms with E-state index in [0.29, 0.717) is 21.7 Å². The molecule has 0 fully saturated rings. The summed E-state index contributed by atoms with van der Waals surface area (Å²) in [6.07, 6.45) is 0.936. The van der Waals surface area contributed by atoms with Crippen molar-refractivity contribution in [1.29, 1.82) is 0 Å². The van der Waals surface area contributed by atoms with Gasteiger partial charge >= 0.3 is 0 Å². The van der Waals surface area contributed by atoms with Gasteiger partial charge in [-0.1, -0.05) is 54.4 Å². The molecular weight excluding hydrogens is 411 g/mol. The summed E-state index contributed by atoms with van der Waals surface area (Å²) in [5.74, 6) is 0. The molecule has 0 aliphatic rings. The molecule has 2 aromatic carbocycles. The van der Waals surface area contributed by atoms with Crippen LogP contribution in [0.15, 0.2) is 42.5 Å². The molecule has 0 aliphatic carbocycles. The van der Waals surface area contributed by atoms with Crippen LogP contribution in [0.3, 0.4) is 0 Å². The van der Waals surface area contributed by atoms with Crippen molar-refractivity contribution in [1.82, 2.24) is 9.78 Å². The predicted octanol–water partition coefficient (Wildman–Crippen LogP) is 6.23. The average molecular weight is 433 g/mol. The fraction of sp³-hybridized carbons (Fsp3) is 0.238. The number of aromatic nitrogens is 2. The first kappa shape index (κ1) is 20.6. The third-order valence-corrected chi connectivity index (χ3v) is 5.53. The number of halogens is 2. The van der Waals surface area contributed by atoms with Gasteiger partial charge < -0.3 is 10.6 Å². The lowest BCUT2D eigenvalue weighted by atomic mass is 10.1. The molecule has 0 aliphatic heterocycles. The number of hydrogen-bond donors (Lipinski definition) is 2. The van der Waals surface area contributed by atoms with Crippen molar-refractivity contribution in [3.05, 3.63) is 75.0 Å². The molecule has 2 N–H and O–H groups in total. The zero-order chi connectivity index (χ0) is 20.3. The molecule has 0 spiro atoms. The molecule has 0 unspecified atom stereocenters. The van der Waals surface area contributed by atoms with E-state index in [0.717, 1.165) is 34.7 Å². The van der Waals surface area contributed by atoms with E-state index in [9.17, 15) is 0 Å². The van der Waals surface area contributed by atoms with Crippen LogP contribution in [0.1, 0.15) is 29.4 Å². The van der Waals surface area contributed by atoms with Gasteiger partial charge in [-0.3, -0.25) is 4.68 Å². The van der Waals surface area contributed by atoms with Gasteiger partial charge in [0.05, 0.1) is 33.7 Å². The highest BCUT2D eigenvalue weighted by molar-refractivity contribution is 7.80. The molecule has 0 saturated heterocycles. The lowest BCUT2D eigenvalue weighted by molar-refractivity contribution is 0.659. The van der Waals surface area contributed by atoms with E-state index in [-0.39, 0.29) is 0 Å². The van der Waals surface area contributed by atoms with E-state index in [4.69, 9.17) is 35.4 Å². The average Bonchev–Trinajstić information content (AvgIpc) is 2.92. The second-order valence-electron chi connectivity index (χ2n) is 6.54. The molecule has 0 atom stereocenters. The van der Waals surface area contributed by atoms with Crippen molar-refractivity contribution in [2.24, 2.45) is 0 Å². The lowest BCUT2D eigenvalue weighted by Crippen LogP contribution is -2.20. The molecule has 0 amide bonds. The molecule has 7 heteroatoms. The highest BCUT2D eigenvalue weighted by atomic mass is 35.5. The first-order valence-electron chi connectivity index (χ1n) is 9.03. The Hall–Kier alpha value is -2.08. The summed E-state index contributed by atoms with van der Waals surface area (Å²) in [5.41, 5.74) is 6.05. The Balaban J connectivity index is 1.76. The number of hydrogen-bond acceptors (Lipinski definition) is 2.